The molecule has 0 aliphatic carbocycles. The van der Waals surface area contributed by atoms with Gasteiger partial charge in [0.2, 0.25) is 0 Å². The fourth-order valence-electron chi connectivity index (χ4n) is 0.346. The van der Waals surface area contributed by atoms with Crippen LogP contribution in [0.4, 0.5) is 0 Å². The van der Waals surface area contributed by atoms with Gasteiger partial charge < -0.3 is 4.90 Å². The fraction of sp³-hybridized carbons (Fsp3) is 0.857. The van der Waals surface area contributed by atoms with E-state index in [1.165, 1.54) is 0 Å². The zero-order chi connectivity index (χ0) is 7.49. The molecule has 54 valence electrons. The molecule has 0 saturated heterocycles. The Morgan fingerprint density at radius 3 is 1.89 bits per heavy atom. The first-order valence-corrected chi connectivity index (χ1v) is 3.13. The third kappa shape index (κ3) is 3.12. The highest BCUT2D eigenvalue weighted by Crippen LogP contribution is 2.06. The lowest BCUT2D eigenvalue weighted by molar-refractivity contribution is 0.290. The molecule has 0 aliphatic rings. The summed E-state index contributed by atoms with van der Waals surface area (Å²) in [6.45, 7) is 6.44. The van der Waals surface area contributed by atoms with E-state index in [1.807, 2.05) is 13.4 Å². The topological polar surface area (TPSA) is 15.6 Å². The molecule has 2 heteroatoms. The first kappa shape index (κ1) is 8.47. The molecule has 0 N–H and O–H groups in total. The van der Waals surface area contributed by atoms with Gasteiger partial charge in [-0.3, -0.25) is 4.99 Å². The lowest BCUT2D eigenvalue weighted by atomic mass is 10.1. The van der Waals surface area contributed by atoms with Crippen molar-refractivity contribution in [1.29, 1.82) is 0 Å². The van der Waals surface area contributed by atoms with Crippen molar-refractivity contribution in [3.63, 3.8) is 0 Å². The van der Waals surface area contributed by atoms with Crippen LogP contribution in [0.1, 0.15) is 20.8 Å². The van der Waals surface area contributed by atoms with E-state index in [1.54, 1.807) is 7.05 Å². The van der Waals surface area contributed by atoms with E-state index in [4.69, 9.17) is 0 Å². The Balaban J connectivity index is 3.88. The van der Waals surface area contributed by atoms with Crippen LogP contribution in [0.25, 0.3) is 0 Å². The fourth-order valence-corrected chi connectivity index (χ4v) is 0.346. The highest BCUT2D eigenvalue weighted by molar-refractivity contribution is 5.55. The first-order chi connectivity index (χ1) is 3.98. The molecule has 0 aromatic heterocycles. The van der Waals surface area contributed by atoms with Gasteiger partial charge in [0, 0.05) is 19.6 Å². The molecule has 0 bridgehead atoms. The van der Waals surface area contributed by atoms with E-state index in [2.05, 4.69) is 30.7 Å². The van der Waals surface area contributed by atoms with Crippen molar-refractivity contribution >= 4 is 6.34 Å². The van der Waals surface area contributed by atoms with Gasteiger partial charge in [0.15, 0.2) is 0 Å². The van der Waals surface area contributed by atoms with E-state index in [-0.39, 0.29) is 5.54 Å². The molecule has 0 unspecified atom stereocenters. The summed E-state index contributed by atoms with van der Waals surface area (Å²) in [5.74, 6) is 0. The van der Waals surface area contributed by atoms with Crippen LogP contribution in [0.5, 0.6) is 0 Å². The third-order valence-corrected chi connectivity index (χ3v) is 1.35. The average molecular weight is 128 g/mol. The van der Waals surface area contributed by atoms with Gasteiger partial charge in [-0.15, -0.1) is 0 Å². The van der Waals surface area contributed by atoms with Crippen LogP contribution in [-0.2, 0) is 0 Å². The summed E-state index contributed by atoms with van der Waals surface area (Å²) in [7, 11) is 3.80. The molecule has 0 aromatic rings. The summed E-state index contributed by atoms with van der Waals surface area (Å²) >= 11 is 0. The lowest BCUT2D eigenvalue weighted by Gasteiger charge is -2.29. The Morgan fingerprint density at radius 2 is 1.78 bits per heavy atom. The van der Waals surface area contributed by atoms with Crippen LogP contribution in [0.15, 0.2) is 4.99 Å². The van der Waals surface area contributed by atoms with Gasteiger partial charge in [-0.25, -0.2) is 0 Å². The molecule has 0 radical (unpaired) electrons. The second kappa shape index (κ2) is 2.85. The Hall–Kier alpha value is -0.530. The molecule has 0 rings (SSSR count). The summed E-state index contributed by atoms with van der Waals surface area (Å²) in [4.78, 5) is 5.98. The molecule has 0 amide bonds. The van der Waals surface area contributed by atoms with Crippen LogP contribution in [0.3, 0.4) is 0 Å². The van der Waals surface area contributed by atoms with E-state index < -0.39 is 0 Å². The van der Waals surface area contributed by atoms with Crippen LogP contribution in [0.2, 0.25) is 0 Å². The highest BCUT2D eigenvalue weighted by Gasteiger charge is 2.12. The molecular formula is C7H16N2. The van der Waals surface area contributed by atoms with Gasteiger partial charge in [-0.05, 0) is 20.8 Å². The Morgan fingerprint density at radius 1 is 1.33 bits per heavy atom. The van der Waals surface area contributed by atoms with E-state index >= 15 is 0 Å². The van der Waals surface area contributed by atoms with Gasteiger partial charge in [0.25, 0.3) is 0 Å². The molecule has 0 atom stereocenters. The minimum absolute atomic E-state index is 0.194. The van der Waals surface area contributed by atoms with Crippen molar-refractivity contribution in [2.45, 2.75) is 26.3 Å². The molecule has 0 saturated carbocycles. The maximum atomic E-state index is 3.90. The maximum absolute atomic E-state index is 3.90. The average Bonchev–Trinajstić information content (AvgIpc) is 1.64. The second-order valence-electron chi connectivity index (χ2n) is 3.16. The van der Waals surface area contributed by atoms with Gasteiger partial charge in [-0.2, -0.15) is 0 Å². The molecule has 0 fully saturated rings. The smallest absolute Gasteiger partial charge is 0.0848 e. The minimum atomic E-state index is 0.194. The van der Waals surface area contributed by atoms with Crippen molar-refractivity contribution < 1.29 is 0 Å². The van der Waals surface area contributed by atoms with Crippen molar-refractivity contribution in [3.8, 4) is 0 Å². The van der Waals surface area contributed by atoms with Crippen molar-refractivity contribution in [1.82, 2.24) is 4.90 Å². The van der Waals surface area contributed by atoms with Crippen LogP contribution in [0, 0.1) is 0 Å². The number of nitrogens with zero attached hydrogens (tertiary/aromatic N) is 2. The molecule has 0 aliphatic heterocycles. The minimum Gasteiger partial charge on any atom is -0.361 e. The highest BCUT2D eigenvalue weighted by atomic mass is 15.2. The number of aliphatic imine (C=N–C) groups is 1. The van der Waals surface area contributed by atoms with Crippen LogP contribution in [-0.4, -0.2) is 30.9 Å². The van der Waals surface area contributed by atoms with Crippen molar-refractivity contribution in [2.75, 3.05) is 14.1 Å². The molecular weight excluding hydrogens is 112 g/mol. The van der Waals surface area contributed by atoms with Crippen LogP contribution < -0.4 is 0 Å². The number of rotatable bonds is 1. The molecule has 0 spiro atoms. The summed E-state index contributed by atoms with van der Waals surface area (Å²) in [6, 6.07) is 0. The van der Waals surface area contributed by atoms with Crippen LogP contribution >= 0.6 is 0 Å². The molecule has 2 nitrogen and oxygen atoms in total. The largest absolute Gasteiger partial charge is 0.361 e. The molecule has 0 heterocycles. The normalized spacial score (nSPS) is 12.6. The number of hydrogen-bond donors (Lipinski definition) is 0. The zero-order valence-corrected chi connectivity index (χ0v) is 6.97. The Bertz CT molecular complexity index is 100.0. The Kier molecular flexibility index (Phi) is 2.68. The number of hydrogen-bond acceptors (Lipinski definition) is 1. The summed E-state index contributed by atoms with van der Waals surface area (Å²) in [6.07, 6.45) is 1.83. The standard InChI is InChI=1S/C7H16N2/c1-7(2,3)9(5)6-8-4/h6H,1-5H3/b8-6+. The predicted octanol–water partition coefficient (Wildman–Crippen LogP) is 1.37. The monoisotopic (exact) mass is 128 g/mol. The zero-order valence-electron chi connectivity index (χ0n) is 6.97. The van der Waals surface area contributed by atoms with Crippen molar-refractivity contribution in [2.24, 2.45) is 4.99 Å². The third-order valence-electron chi connectivity index (χ3n) is 1.35. The molecule has 9 heavy (non-hydrogen) atoms. The SMILES string of the molecule is C/N=C/N(C)C(C)(C)C. The van der Waals surface area contributed by atoms with E-state index in [0.29, 0.717) is 0 Å². The summed E-state index contributed by atoms with van der Waals surface area (Å²) in [5, 5.41) is 0. The quantitative estimate of drug-likeness (QED) is 0.385. The summed E-state index contributed by atoms with van der Waals surface area (Å²) in [5.41, 5.74) is 0.194. The Labute approximate surface area is 57.6 Å². The van der Waals surface area contributed by atoms with Gasteiger partial charge in [0.1, 0.15) is 0 Å². The van der Waals surface area contributed by atoms with Crippen molar-refractivity contribution in [3.05, 3.63) is 0 Å². The lowest BCUT2D eigenvalue weighted by Crippen LogP contribution is -2.36. The molecule has 0 aromatic carbocycles. The van der Waals surface area contributed by atoms with Gasteiger partial charge in [0.05, 0.1) is 6.34 Å². The van der Waals surface area contributed by atoms with Gasteiger partial charge in [-0.1, -0.05) is 0 Å². The maximum Gasteiger partial charge on any atom is 0.0848 e. The van der Waals surface area contributed by atoms with Gasteiger partial charge >= 0.3 is 0 Å². The summed E-state index contributed by atoms with van der Waals surface area (Å²) < 4.78 is 0. The van der Waals surface area contributed by atoms with E-state index in [0.717, 1.165) is 0 Å². The first-order valence-electron chi connectivity index (χ1n) is 3.13. The second-order valence-corrected chi connectivity index (χ2v) is 3.16. The van der Waals surface area contributed by atoms with E-state index in [9.17, 15) is 0 Å². The predicted molar refractivity (Wildman–Crippen MR) is 41.9 cm³/mol.